The van der Waals surface area contributed by atoms with Gasteiger partial charge in [-0.05, 0) is 60.2 Å². The van der Waals surface area contributed by atoms with E-state index in [1.54, 1.807) is 61.6 Å². The number of sulfonamides is 1. The minimum absolute atomic E-state index is 0.00519. The molecule has 3 rings (SSSR count). The number of methoxy groups -OCH3 is 1. The molecule has 0 fully saturated rings. The van der Waals surface area contributed by atoms with Gasteiger partial charge in [-0.2, -0.15) is 0 Å². The van der Waals surface area contributed by atoms with Gasteiger partial charge in [-0.3, -0.25) is 13.9 Å². The average Bonchev–Trinajstić information content (AvgIpc) is 2.84. The van der Waals surface area contributed by atoms with Crippen molar-refractivity contribution in [2.24, 2.45) is 0 Å². The Labute approximate surface area is 193 Å². The third-order valence-corrected chi connectivity index (χ3v) is 6.83. The molecule has 0 saturated carbocycles. The van der Waals surface area contributed by atoms with E-state index in [4.69, 9.17) is 4.74 Å². The maximum atomic E-state index is 13.1. The highest BCUT2D eigenvalue weighted by Crippen LogP contribution is 2.25. The Morgan fingerprint density at radius 3 is 2.24 bits per heavy atom. The second kappa shape index (κ2) is 10.2. The van der Waals surface area contributed by atoms with Crippen molar-refractivity contribution >= 4 is 33.2 Å². The van der Waals surface area contributed by atoms with Crippen LogP contribution in [-0.2, 0) is 21.2 Å². The minimum Gasteiger partial charge on any atom is -0.497 e. The molecule has 0 bridgehead atoms. The van der Waals surface area contributed by atoms with Crippen LogP contribution in [0.3, 0.4) is 0 Å². The summed E-state index contributed by atoms with van der Waals surface area (Å²) < 4.78 is 32.5. The van der Waals surface area contributed by atoms with Crippen LogP contribution in [-0.4, -0.2) is 41.4 Å². The van der Waals surface area contributed by atoms with Crippen molar-refractivity contribution < 1.29 is 22.7 Å². The maximum absolute atomic E-state index is 13.1. The molecule has 0 spiro atoms. The SMILES string of the molecule is CNC(=O)Cc1ccc(NC(=O)c2cccc(S(=O)(=O)N(C)c3ccc(OC)cc3)c2)cc1. The van der Waals surface area contributed by atoms with Crippen molar-refractivity contribution in [3.05, 3.63) is 83.9 Å². The molecule has 8 nitrogen and oxygen atoms in total. The van der Waals surface area contributed by atoms with Crippen molar-refractivity contribution in [3.63, 3.8) is 0 Å². The fourth-order valence-electron chi connectivity index (χ4n) is 3.07. The molecule has 33 heavy (non-hydrogen) atoms. The molecule has 3 aromatic rings. The average molecular weight is 468 g/mol. The van der Waals surface area contributed by atoms with Crippen LogP contribution in [0.4, 0.5) is 11.4 Å². The van der Waals surface area contributed by atoms with Crippen molar-refractivity contribution in [2.75, 3.05) is 30.8 Å². The molecule has 0 aromatic heterocycles. The standard InChI is InChI=1S/C24H25N3O5S/c1-25-23(28)15-17-7-9-19(10-8-17)26-24(29)18-5-4-6-22(16-18)33(30,31)27(2)20-11-13-21(32-3)14-12-20/h4-14,16H,15H2,1-3H3,(H,25,28)(H,26,29). The first-order valence-electron chi connectivity index (χ1n) is 10.1. The molecule has 2 amide bonds. The molecule has 172 valence electrons. The number of carbonyl (C=O) groups is 2. The highest BCUT2D eigenvalue weighted by Gasteiger charge is 2.22. The number of rotatable bonds is 8. The Morgan fingerprint density at radius 1 is 0.970 bits per heavy atom. The normalized spacial score (nSPS) is 10.9. The molecule has 0 atom stereocenters. The fourth-order valence-corrected chi connectivity index (χ4v) is 4.31. The Morgan fingerprint density at radius 2 is 1.64 bits per heavy atom. The van der Waals surface area contributed by atoms with Gasteiger partial charge in [0.25, 0.3) is 15.9 Å². The number of hydrogen-bond acceptors (Lipinski definition) is 5. The molecule has 0 heterocycles. The summed E-state index contributed by atoms with van der Waals surface area (Å²) in [6, 6.07) is 19.3. The van der Waals surface area contributed by atoms with Gasteiger partial charge >= 0.3 is 0 Å². The number of benzene rings is 3. The van der Waals surface area contributed by atoms with Crippen LogP contribution in [0.15, 0.2) is 77.7 Å². The summed E-state index contributed by atoms with van der Waals surface area (Å²) in [7, 11) is 0.666. The van der Waals surface area contributed by atoms with Gasteiger partial charge in [-0.1, -0.05) is 18.2 Å². The van der Waals surface area contributed by atoms with Gasteiger partial charge in [0.2, 0.25) is 5.91 Å². The Bertz CT molecular complexity index is 1240. The second-order valence-corrected chi connectivity index (χ2v) is 9.17. The van der Waals surface area contributed by atoms with E-state index < -0.39 is 15.9 Å². The summed E-state index contributed by atoms with van der Waals surface area (Å²) in [5.74, 6) is 0.0625. The lowest BCUT2D eigenvalue weighted by Crippen LogP contribution is -2.26. The van der Waals surface area contributed by atoms with Crippen molar-refractivity contribution in [1.29, 1.82) is 0 Å². The molecule has 0 aliphatic carbocycles. The van der Waals surface area contributed by atoms with Crippen LogP contribution in [0, 0.1) is 0 Å². The van der Waals surface area contributed by atoms with E-state index in [1.807, 2.05) is 0 Å². The highest BCUT2D eigenvalue weighted by atomic mass is 32.2. The molecule has 0 unspecified atom stereocenters. The van der Waals surface area contributed by atoms with E-state index in [0.29, 0.717) is 17.1 Å². The number of ether oxygens (including phenoxy) is 1. The summed E-state index contributed by atoms with van der Waals surface area (Å²) in [4.78, 5) is 24.2. The van der Waals surface area contributed by atoms with E-state index in [1.165, 1.54) is 32.4 Å². The molecule has 3 aromatic carbocycles. The largest absolute Gasteiger partial charge is 0.497 e. The van der Waals surface area contributed by atoms with Gasteiger partial charge in [0.15, 0.2) is 0 Å². The van der Waals surface area contributed by atoms with E-state index in [-0.39, 0.29) is 22.8 Å². The second-order valence-electron chi connectivity index (χ2n) is 7.20. The molecule has 0 radical (unpaired) electrons. The predicted molar refractivity (Wildman–Crippen MR) is 127 cm³/mol. The quantitative estimate of drug-likeness (QED) is 0.530. The van der Waals surface area contributed by atoms with Crippen LogP contribution in [0.2, 0.25) is 0 Å². The third kappa shape index (κ3) is 5.69. The maximum Gasteiger partial charge on any atom is 0.264 e. The lowest BCUT2D eigenvalue weighted by molar-refractivity contribution is -0.119. The third-order valence-electron chi connectivity index (χ3n) is 5.05. The smallest absolute Gasteiger partial charge is 0.264 e. The first-order valence-corrected chi connectivity index (χ1v) is 11.5. The number of nitrogens with zero attached hydrogens (tertiary/aromatic N) is 1. The Hall–Kier alpha value is -3.85. The number of carbonyl (C=O) groups excluding carboxylic acids is 2. The van der Waals surface area contributed by atoms with Gasteiger partial charge in [0.1, 0.15) is 5.75 Å². The number of hydrogen-bond donors (Lipinski definition) is 2. The highest BCUT2D eigenvalue weighted by molar-refractivity contribution is 7.92. The molecule has 2 N–H and O–H groups in total. The van der Waals surface area contributed by atoms with Crippen LogP contribution >= 0.6 is 0 Å². The van der Waals surface area contributed by atoms with E-state index in [0.717, 1.165) is 9.87 Å². The monoisotopic (exact) mass is 467 g/mol. The summed E-state index contributed by atoms with van der Waals surface area (Å²) in [6.07, 6.45) is 0.242. The van der Waals surface area contributed by atoms with Crippen molar-refractivity contribution in [1.82, 2.24) is 5.32 Å². The van der Waals surface area contributed by atoms with Gasteiger partial charge < -0.3 is 15.4 Å². The van der Waals surface area contributed by atoms with E-state index in [9.17, 15) is 18.0 Å². The van der Waals surface area contributed by atoms with Crippen molar-refractivity contribution in [3.8, 4) is 5.75 Å². The van der Waals surface area contributed by atoms with E-state index >= 15 is 0 Å². The fraction of sp³-hybridized carbons (Fsp3) is 0.167. The van der Waals surface area contributed by atoms with Gasteiger partial charge in [0, 0.05) is 25.3 Å². The van der Waals surface area contributed by atoms with E-state index in [2.05, 4.69) is 10.6 Å². The molecule has 9 heteroatoms. The van der Waals surface area contributed by atoms with Gasteiger partial charge in [-0.15, -0.1) is 0 Å². The molecule has 0 aliphatic heterocycles. The zero-order valence-electron chi connectivity index (χ0n) is 18.5. The number of likely N-dealkylation sites (N-methyl/N-ethyl adjacent to an activating group) is 1. The first kappa shape index (κ1) is 23.8. The first-order chi connectivity index (χ1) is 15.7. The summed E-state index contributed by atoms with van der Waals surface area (Å²) in [5.41, 5.74) is 2.00. The molecular formula is C24H25N3O5S. The summed E-state index contributed by atoms with van der Waals surface area (Å²) >= 11 is 0. The topological polar surface area (TPSA) is 105 Å². The zero-order chi connectivity index (χ0) is 24.0. The number of nitrogens with one attached hydrogen (secondary N) is 2. The molecule has 0 aliphatic rings. The van der Waals surface area contributed by atoms with Crippen LogP contribution in [0.5, 0.6) is 5.75 Å². The molecular weight excluding hydrogens is 442 g/mol. The van der Waals surface area contributed by atoms with Crippen molar-refractivity contribution in [2.45, 2.75) is 11.3 Å². The lowest BCUT2D eigenvalue weighted by atomic mass is 10.1. The number of anilines is 2. The summed E-state index contributed by atoms with van der Waals surface area (Å²) in [6.45, 7) is 0. The Balaban J connectivity index is 1.76. The summed E-state index contributed by atoms with van der Waals surface area (Å²) in [5, 5.41) is 5.30. The molecule has 0 saturated heterocycles. The van der Waals surface area contributed by atoms with Gasteiger partial charge in [0.05, 0.1) is 24.1 Å². The van der Waals surface area contributed by atoms with Crippen LogP contribution < -0.4 is 19.7 Å². The van der Waals surface area contributed by atoms with Crippen LogP contribution in [0.25, 0.3) is 0 Å². The van der Waals surface area contributed by atoms with Gasteiger partial charge in [-0.25, -0.2) is 8.42 Å². The minimum atomic E-state index is -3.89. The lowest BCUT2D eigenvalue weighted by Gasteiger charge is -2.20. The van der Waals surface area contributed by atoms with Crippen LogP contribution in [0.1, 0.15) is 15.9 Å². The zero-order valence-corrected chi connectivity index (χ0v) is 19.3. The Kier molecular flexibility index (Phi) is 7.34. The number of amides is 2. The predicted octanol–water partition coefficient (Wildman–Crippen LogP) is 3.06.